The number of rotatable bonds is 5. The van der Waals surface area contributed by atoms with Crippen molar-refractivity contribution >= 4 is 16.0 Å². The lowest BCUT2D eigenvalue weighted by molar-refractivity contribution is -0.140. The highest BCUT2D eigenvalue weighted by Gasteiger charge is 2.30. The summed E-state index contributed by atoms with van der Waals surface area (Å²) in [7, 11) is -4.63. The van der Waals surface area contributed by atoms with Gasteiger partial charge in [0.05, 0.1) is 0 Å². The number of carboxylic acids is 1. The molecule has 0 fully saturated rings. The number of benzene rings is 1. The Morgan fingerprint density at radius 2 is 1.65 bits per heavy atom. The zero-order valence-corrected chi connectivity index (χ0v) is 11.3. The first-order chi connectivity index (χ1) is 9.06. The van der Waals surface area contributed by atoms with E-state index in [-0.39, 0.29) is 12.1 Å². The van der Waals surface area contributed by atoms with Crippen LogP contribution in [0.5, 0.6) is 0 Å². The minimum absolute atomic E-state index is 0.0784. The zero-order chi connectivity index (χ0) is 15.7. The first-order valence-electron chi connectivity index (χ1n) is 5.46. The van der Waals surface area contributed by atoms with E-state index < -0.39 is 50.3 Å². The van der Waals surface area contributed by atoms with Gasteiger partial charge in [0.15, 0.2) is 11.6 Å². The standard InChI is InChI=1S/C11H12F3NO4S/c1-5(2)10(11(16)17)15-20(18,19)9-4-7(13)6(12)3-8(9)14/h3-5,10,15H,1-2H3,(H,16,17)/t10-/m0/s1. The Kier molecular flexibility index (Phi) is 4.77. The van der Waals surface area contributed by atoms with Crippen molar-refractivity contribution in [3.05, 3.63) is 29.6 Å². The maximum Gasteiger partial charge on any atom is 0.322 e. The molecule has 0 heterocycles. The molecule has 0 saturated carbocycles. The van der Waals surface area contributed by atoms with Crippen molar-refractivity contribution in [3.63, 3.8) is 0 Å². The van der Waals surface area contributed by atoms with E-state index in [0.717, 1.165) is 0 Å². The number of sulfonamides is 1. The number of carbonyl (C=O) groups is 1. The third kappa shape index (κ3) is 3.48. The molecule has 2 N–H and O–H groups in total. The van der Waals surface area contributed by atoms with Gasteiger partial charge < -0.3 is 5.11 Å². The van der Waals surface area contributed by atoms with Gasteiger partial charge in [0.2, 0.25) is 10.0 Å². The number of hydrogen-bond acceptors (Lipinski definition) is 3. The van der Waals surface area contributed by atoms with Crippen LogP contribution in [-0.2, 0) is 14.8 Å². The lowest BCUT2D eigenvalue weighted by Crippen LogP contribution is -2.44. The van der Waals surface area contributed by atoms with Crippen LogP contribution in [0.4, 0.5) is 13.2 Å². The molecule has 0 aromatic heterocycles. The number of carboxylic acid groups (broad SMARTS) is 1. The van der Waals surface area contributed by atoms with E-state index in [0.29, 0.717) is 0 Å². The maximum absolute atomic E-state index is 13.4. The van der Waals surface area contributed by atoms with Gasteiger partial charge in [0.25, 0.3) is 0 Å². The highest BCUT2D eigenvalue weighted by molar-refractivity contribution is 7.89. The van der Waals surface area contributed by atoms with Crippen LogP contribution in [0.15, 0.2) is 17.0 Å². The fourth-order valence-corrected chi connectivity index (χ4v) is 2.82. The molecule has 9 heteroatoms. The number of nitrogens with one attached hydrogen (secondary N) is 1. The van der Waals surface area contributed by atoms with Crippen molar-refractivity contribution in [1.29, 1.82) is 0 Å². The fraction of sp³-hybridized carbons (Fsp3) is 0.364. The molecule has 0 aliphatic rings. The molecule has 1 rings (SSSR count). The molecule has 1 aromatic carbocycles. The third-order valence-corrected chi connectivity index (χ3v) is 3.94. The van der Waals surface area contributed by atoms with Gasteiger partial charge in [-0.15, -0.1) is 0 Å². The lowest BCUT2D eigenvalue weighted by Gasteiger charge is -2.18. The summed E-state index contributed by atoms with van der Waals surface area (Å²) in [5.74, 6) is -6.70. The molecule has 0 radical (unpaired) electrons. The Balaban J connectivity index is 3.24. The first-order valence-corrected chi connectivity index (χ1v) is 6.94. The van der Waals surface area contributed by atoms with E-state index in [4.69, 9.17) is 5.11 Å². The minimum Gasteiger partial charge on any atom is -0.480 e. The molecule has 0 aliphatic heterocycles. The Morgan fingerprint density at radius 3 is 2.10 bits per heavy atom. The molecule has 0 spiro atoms. The van der Waals surface area contributed by atoms with Crippen LogP contribution in [0.3, 0.4) is 0 Å². The van der Waals surface area contributed by atoms with Crippen molar-refractivity contribution in [2.45, 2.75) is 24.8 Å². The summed E-state index contributed by atoms with van der Waals surface area (Å²) in [6.07, 6.45) is 0. The third-order valence-electron chi connectivity index (χ3n) is 2.48. The molecule has 0 amide bonds. The first kappa shape index (κ1) is 16.4. The second-order valence-electron chi connectivity index (χ2n) is 4.38. The second-order valence-corrected chi connectivity index (χ2v) is 6.06. The summed E-state index contributed by atoms with van der Waals surface area (Å²) < 4.78 is 64.5. The van der Waals surface area contributed by atoms with E-state index in [2.05, 4.69) is 0 Å². The van der Waals surface area contributed by atoms with E-state index in [9.17, 15) is 26.4 Å². The summed E-state index contributed by atoms with van der Waals surface area (Å²) in [6.45, 7) is 2.87. The van der Waals surface area contributed by atoms with Crippen LogP contribution in [-0.4, -0.2) is 25.5 Å². The van der Waals surface area contributed by atoms with Crippen LogP contribution >= 0.6 is 0 Å². The summed E-state index contributed by atoms with van der Waals surface area (Å²) in [4.78, 5) is 9.75. The summed E-state index contributed by atoms with van der Waals surface area (Å²) in [5.41, 5.74) is 0. The molecule has 20 heavy (non-hydrogen) atoms. The maximum atomic E-state index is 13.4. The second kappa shape index (κ2) is 5.80. The van der Waals surface area contributed by atoms with E-state index in [1.807, 2.05) is 0 Å². The molecule has 1 aromatic rings. The fourth-order valence-electron chi connectivity index (χ4n) is 1.41. The smallest absolute Gasteiger partial charge is 0.322 e. The number of halogens is 3. The van der Waals surface area contributed by atoms with E-state index in [1.54, 1.807) is 4.72 Å². The Labute approximate surface area is 113 Å². The molecule has 1 atom stereocenters. The zero-order valence-electron chi connectivity index (χ0n) is 10.5. The van der Waals surface area contributed by atoms with Gasteiger partial charge in [-0.2, -0.15) is 4.72 Å². The van der Waals surface area contributed by atoms with Gasteiger partial charge in [-0.3, -0.25) is 4.79 Å². The monoisotopic (exact) mass is 311 g/mol. The van der Waals surface area contributed by atoms with Crippen LogP contribution in [0.25, 0.3) is 0 Å². The number of aliphatic carboxylic acids is 1. The molecule has 0 unspecified atom stereocenters. The molecular formula is C11H12F3NO4S. The molecule has 0 bridgehead atoms. The van der Waals surface area contributed by atoms with Crippen LogP contribution in [0.1, 0.15) is 13.8 Å². The van der Waals surface area contributed by atoms with Crippen LogP contribution in [0.2, 0.25) is 0 Å². The summed E-state index contributed by atoms with van der Waals surface area (Å²) in [6, 6.07) is -1.28. The Bertz CT molecular complexity index is 631. The van der Waals surface area contributed by atoms with Crippen LogP contribution in [0, 0.1) is 23.4 Å². The van der Waals surface area contributed by atoms with Crippen molar-refractivity contribution in [3.8, 4) is 0 Å². The predicted molar refractivity (Wildman–Crippen MR) is 62.9 cm³/mol. The Hall–Kier alpha value is -1.61. The molecule has 112 valence electrons. The predicted octanol–water partition coefficient (Wildman–Crippen LogP) is 1.49. The largest absolute Gasteiger partial charge is 0.480 e. The SMILES string of the molecule is CC(C)[C@H](NS(=O)(=O)c1cc(F)c(F)cc1F)C(=O)O. The van der Waals surface area contributed by atoms with Crippen molar-refractivity contribution in [2.75, 3.05) is 0 Å². The molecular weight excluding hydrogens is 299 g/mol. The van der Waals surface area contributed by atoms with Gasteiger partial charge in [0.1, 0.15) is 16.8 Å². The average molecular weight is 311 g/mol. The topological polar surface area (TPSA) is 83.5 Å². The van der Waals surface area contributed by atoms with Crippen molar-refractivity contribution in [2.24, 2.45) is 5.92 Å². The number of hydrogen-bond donors (Lipinski definition) is 2. The van der Waals surface area contributed by atoms with Crippen molar-refractivity contribution in [1.82, 2.24) is 4.72 Å². The normalized spacial score (nSPS) is 13.5. The quantitative estimate of drug-likeness (QED) is 0.807. The highest BCUT2D eigenvalue weighted by atomic mass is 32.2. The molecule has 5 nitrogen and oxygen atoms in total. The molecule has 0 aliphatic carbocycles. The van der Waals surface area contributed by atoms with Crippen molar-refractivity contribution < 1.29 is 31.5 Å². The summed E-state index contributed by atoms with van der Waals surface area (Å²) in [5, 5.41) is 8.87. The van der Waals surface area contributed by atoms with Gasteiger partial charge in [0, 0.05) is 6.07 Å². The van der Waals surface area contributed by atoms with Gasteiger partial charge in [-0.05, 0) is 12.0 Å². The average Bonchev–Trinajstić information content (AvgIpc) is 2.30. The molecule has 0 saturated heterocycles. The van der Waals surface area contributed by atoms with Gasteiger partial charge >= 0.3 is 5.97 Å². The highest BCUT2D eigenvalue weighted by Crippen LogP contribution is 2.19. The summed E-state index contributed by atoms with van der Waals surface area (Å²) >= 11 is 0. The Morgan fingerprint density at radius 1 is 1.15 bits per heavy atom. The van der Waals surface area contributed by atoms with E-state index >= 15 is 0 Å². The van der Waals surface area contributed by atoms with Gasteiger partial charge in [-0.25, -0.2) is 21.6 Å². The lowest BCUT2D eigenvalue weighted by atomic mass is 10.1. The van der Waals surface area contributed by atoms with E-state index in [1.165, 1.54) is 13.8 Å². The van der Waals surface area contributed by atoms with Crippen LogP contribution < -0.4 is 4.72 Å². The van der Waals surface area contributed by atoms with Gasteiger partial charge in [-0.1, -0.05) is 13.8 Å². The minimum atomic E-state index is -4.63.